The number of para-hydroxylation sites is 2. The minimum absolute atomic E-state index is 0.00124. The van der Waals surface area contributed by atoms with Crippen molar-refractivity contribution < 1.29 is 14.0 Å². The molecule has 0 spiro atoms. The summed E-state index contributed by atoms with van der Waals surface area (Å²) in [5.41, 5.74) is 2.60. The molecule has 1 fully saturated rings. The highest BCUT2D eigenvalue weighted by molar-refractivity contribution is 6.30. The van der Waals surface area contributed by atoms with Crippen LogP contribution in [0.15, 0.2) is 71.2 Å². The van der Waals surface area contributed by atoms with E-state index in [0.29, 0.717) is 29.6 Å². The number of halogens is 1. The van der Waals surface area contributed by atoms with Crippen molar-refractivity contribution in [1.82, 2.24) is 4.90 Å². The molecule has 0 saturated carbocycles. The molecule has 3 aromatic rings. The largest absolute Gasteiger partial charge is 0.457 e. The van der Waals surface area contributed by atoms with Crippen LogP contribution in [-0.4, -0.2) is 42.9 Å². The predicted molar refractivity (Wildman–Crippen MR) is 137 cm³/mol. The number of anilines is 2. The third kappa shape index (κ3) is 5.69. The van der Waals surface area contributed by atoms with Crippen molar-refractivity contribution in [2.24, 2.45) is 5.92 Å². The molecule has 1 aromatic heterocycles. The maximum atomic E-state index is 12.6. The summed E-state index contributed by atoms with van der Waals surface area (Å²) in [5.74, 6) is 1.23. The van der Waals surface area contributed by atoms with Crippen LogP contribution in [0.2, 0.25) is 5.02 Å². The van der Waals surface area contributed by atoms with Gasteiger partial charge in [0.15, 0.2) is 0 Å². The van der Waals surface area contributed by atoms with E-state index in [1.807, 2.05) is 79.4 Å². The maximum absolute atomic E-state index is 12.6. The van der Waals surface area contributed by atoms with Gasteiger partial charge >= 0.3 is 0 Å². The zero-order valence-corrected chi connectivity index (χ0v) is 20.1. The van der Waals surface area contributed by atoms with Crippen LogP contribution in [0, 0.1) is 5.92 Å². The van der Waals surface area contributed by atoms with Crippen molar-refractivity contribution in [2.75, 3.05) is 36.4 Å². The van der Waals surface area contributed by atoms with Crippen LogP contribution in [0.1, 0.15) is 19.6 Å². The second-order valence-electron chi connectivity index (χ2n) is 8.52. The molecule has 1 saturated heterocycles. The van der Waals surface area contributed by atoms with Gasteiger partial charge in [0.05, 0.1) is 11.4 Å². The Kier molecular flexibility index (Phi) is 7.38. The van der Waals surface area contributed by atoms with Gasteiger partial charge in [0.25, 0.3) is 0 Å². The van der Waals surface area contributed by atoms with Gasteiger partial charge in [0.2, 0.25) is 11.8 Å². The number of hydrogen-bond acceptors (Lipinski definition) is 4. The van der Waals surface area contributed by atoms with Crippen LogP contribution in [0.25, 0.3) is 17.4 Å². The minimum Gasteiger partial charge on any atom is -0.457 e. The van der Waals surface area contributed by atoms with E-state index < -0.39 is 0 Å². The highest BCUT2D eigenvalue weighted by Crippen LogP contribution is 2.27. The summed E-state index contributed by atoms with van der Waals surface area (Å²) in [6, 6.07) is 18.8. The molecule has 0 radical (unpaired) electrons. The molecule has 1 aliphatic heterocycles. The zero-order valence-electron chi connectivity index (χ0n) is 19.3. The number of rotatable bonds is 6. The Morgan fingerprint density at radius 3 is 2.38 bits per heavy atom. The summed E-state index contributed by atoms with van der Waals surface area (Å²) in [4.78, 5) is 29.0. The molecule has 0 aliphatic carbocycles. The first-order valence-electron chi connectivity index (χ1n) is 11.4. The van der Waals surface area contributed by atoms with E-state index >= 15 is 0 Å². The Balaban J connectivity index is 1.38. The lowest BCUT2D eigenvalue weighted by Gasteiger charge is -2.37. The Morgan fingerprint density at radius 2 is 1.68 bits per heavy atom. The van der Waals surface area contributed by atoms with Gasteiger partial charge in [-0.05, 0) is 54.6 Å². The summed E-state index contributed by atoms with van der Waals surface area (Å²) in [6.45, 7) is 6.64. The molecule has 0 bridgehead atoms. The molecule has 4 rings (SSSR count). The van der Waals surface area contributed by atoms with Gasteiger partial charge in [-0.25, -0.2) is 0 Å². The van der Waals surface area contributed by atoms with Gasteiger partial charge in [0.1, 0.15) is 11.5 Å². The van der Waals surface area contributed by atoms with E-state index in [9.17, 15) is 9.59 Å². The molecule has 176 valence electrons. The molecule has 0 unspecified atom stereocenters. The maximum Gasteiger partial charge on any atom is 0.248 e. The number of piperazine rings is 1. The number of hydrogen-bond donors (Lipinski definition) is 1. The highest BCUT2D eigenvalue weighted by Gasteiger charge is 2.24. The lowest BCUT2D eigenvalue weighted by Crippen LogP contribution is -2.50. The summed E-state index contributed by atoms with van der Waals surface area (Å²) >= 11 is 5.94. The standard InChI is InChI=1S/C27H28ClN3O3/c1-19(2)27(33)31-17-15-30(16-18-31)24-6-4-3-5-23(24)29-26(32)14-12-22-11-13-25(34-22)20-7-9-21(28)10-8-20/h3-14,19H,15-18H2,1-2H3,(H,29,32). The number of carbonyl (C=O) groups excluding carboxylic acids is 2. The number of nitrogens with one attached hydrogen (secondary N) is 1. The average Bonchev–Trinajstić information content (AvgIpc) is 3.32. The average molecular weight is 478 g/mol. The quantitative estimate of drug-likeness (QED) is 0.472. The van der Waals surface area contributed by atoms with E-state index in [-0.39, 0.29) is 17.7 Å². The fourth-order valence-corrected chi connectivity index (χ4v) is 4.06. The second kappa shape index (κ2) is 10.6. The molecule has 34 heavy (non-hydrogen) atoms. The minimum atomic E-state index is -0.245. The van der Waals surface area contributed by atoms with E-state index in [4.69, 9.17) is 16.0 Å². The van der Waals surface area contributed by atoms with Crippen molar-refractivity contribution in [3.8, 4) is 11.3 Å². The second-order valence-corrected chi connectivity index (χ2v) is 8.95. The Labute approximate surface area is 204 Å². The lowest BCUT2D eigenvalue weighted by atomic mass is 10.1. The van der Waals surface area contributed by atoms with E-state index in [2.05, 4.69) is 10.2 Å². The van der Waals surface area contributed by atoms with Gasteiger partial charge in [-0.2, -0.15) is 0 Å². The van der Waals surface area contributed by atoms with Gasteiger partial charge in [0, 0.05) is 48.8 Å². The van der Waals surface area contributed by atoms with Crippen LogP contribution in [0.3, 0.4) is 0 Å². The number of amides is 2. The highest BCUT2D eigenvalue weighted by atomic mass is 35.5. The summed E-state index contributed by atoms with van der Waals surface area (Å²) in [7, 11) is 0. The molecule has 0 atom stereocenters. The molecule has 6 nitrogen and oxygen atoms in total. The van der Waals surface area contributed by atoms with Crippen molar-refractivity contribution >= 4 is 40.9 Å². The van der Waals surface area contributed by atoms with Crippen LogP contribution in [-0.2, 0) is 9.59 Å². The van der Waals surface area contributed by atoms with Crippen LogP contribution >= 0.6 is 11.6 Å². The zero-order chi connectivity index (χ0) is 24.1. The normalized spacial score (nSPS) is 14.1. The van der Waals surface area contributed by atoms with Crippen LogP contribution in [0.4, 0.5) is 11.4 Å². The molecule has 2 heterocycles. The van der Waals surface area contributed by atoms with Crippen molar-refractivity contribution in [2.45, 2.75) is 13.8 Å². The molecule has 2 aromatic carbocycles. The fourth-order valence-electron chi connectivity index (χ4n) is 3.93. The first-order chi connectivity index (χ1) is 16.4. The molecular formula is C27H28ClN3O3. The van der Waals surface area contributed by atoms with Crippen molar-refractivity contribution in [3.05, 3.63) is 77.5 Å². The fraction of sp³-hybridized carbons (Fsp3) is 0.259. The number of carbonyl (C=O) groups is 2. The van der Waals surface area contributed by atoms with Crippen LogP contribution in [0.5, 0.6) is 0 Å². The topological polar surface area (TPSA) is 65.8 Å². The van der Waals surface area contributed by atoms with Gasteiger partial charge in [-0.3, -0.25) is 9.59 Å². The monoisotopic (exact) mass is 477 g/mol. The molecular weight excluding hydrogens is 450 g/mol. The summed E-state index contributed by atoms with van der Waals surface area (Å²) in [5, 5.41) is 3.64. The molecule has 2 amide bonds. The SMILES string of the molecule is CC(C)C(=O)N1CCN(c2ccccc2NC(=O)C=Cc2ccc(-c3ccc(Cl)cc3)o2)CC1. The number of nitrogens with zero attached hydrogens (tertiary/aromatic N) is 2. The van der Waals surface area contributed by atoms with Crippen molar-refractivity contribution in [1.29, 1.82) is 0 Å². The molecule has 1 aliphatic rings. The Hall–Kier alpha value is -3.51. The van der Waals surface area contributed by atoms with Gasteiger partial charge in [-0.1, -0.05) is 37.6 Å². The van der Waals surface area contributed by atoms with E-state index in [0.717, 1.165) is 30.0 Å². The summed E-state index contributed by atoms with van der Waals surface area (Å²) in [6.07, 6.45) is 3.11. The number of furan rings is 1. The Morgan fingerprint density at radius 1 is 0.971 bits per heavy atom. The van der Waals surface area contributed by atoms with Gasteiger partial charge in [-0.15, -0.1) is 0 Å². The van der Waals surface area contributed by atoms with E-state index in [1.165, 1.54) is 6.08 Å². The van der Waals surface area contributed by atoms with E-state index in [1.54, 1.807) is 6.08 Å². The smallest absolute Gasteiger partial charge is 0.248 e. The van der Waals surface area contributed by atoms with Crippen molar-refractivity contribution in [3.63, 3.8) is 0 Å². The lowest BCUT2D eigenvalue weighted by molar-refractivity contribution is -0.134. The number of benzene rings is 2. The molecule has 7 heteroatoms. The first-order valence-corrected chi connectivity index (χ1v) is 11.8. The van der Waals surface area contributed by atoms with Gasteiger partial charge < -0.3 is 19.5 Å². The Bertz CT molecular complexity index is 1180. The predicted octanol–water partition coefficient (Wildman–Crippen LogP) is 5.56. The molecule has 1 N–H and O–H groups in total. The summed E-state index contributed by atoms with van der Waals surface area (Å²) < 4.78 is 5.82. The van der Waals surface area contributed by atoms with Crippen LogP contribution < -0.4 is 10.2 Å². The third-order valence-electron chi connectivity index (χ3n) is 5.74. The first kappa shape index (κ1) is 23.6. The third-order valence-corrected chi connectivity index (χ3v) is 5.99.